The summed E-state index contributed by atoms with van der Waals surface area (Å²) in [6, 6.07) is 14.0. The number of rotatable bonds is 7. The highest BCUT2D eigenvalue weighted by Gasteiger charge is 2.15. The number of nitrogens with one attached hydrogen (secondary N) is 3. The minimum atomic E-state index is -3.81. The third-order valence-electron chi connectivity index (χ3n) is 3.87. The van der Waals surface area contributed by atoms with Gasteiger partial charge >= 0.3 is 5.97 Å². The lowest BCUT2D eigenvalue weighted by atomic mass is 10.1. The standard InChI is InChI=1S/C19H17N5O4S2/c25-17(26)14-4-2-13(3-5-14)12-22-19(29)23-15-6-8-16(9-7-15)30(27,28)24-18-20-10-1-11-21-18/h1-11H,12H2,(H,25,26)(H,20,21,24)(H2,22,23,29). The zero-order valence-electron chi connectivity index (χ0n) is 15.4. The molecule has 3 rings (SSSR count). The molecule has 4 N–H and O–H groups in total. The number of carbonyl (C=O) groups is 1. The van der Waals surface area contributed by atoms with Crippen molar-refractivity contribution >= 4 is 45.0 Å². The number of anilines is 2. The molecule has 0 amide bonds. The van der Waals surface area contributed by atoms with Crippen molar-refractivity contribution in [2.75, 3.05) is 10.0 Å². The molecule has 30 heavy (non-hydrogen) atoms. The number of hydrogen-bond acceptors (Lipinski definition) is 6. The molecular formula is C19H17N5O4S2. The van der Waals surface area contributed by atoms with Crippen LogP contribution in [0.5, 0.6) is 0 Å². The third kappa shape index (κ3) is 5.72. The molecule has 0 radical (unpaired) electrons. The number of benzene rings is 2. The maximum absolute atomic E-state index is 12.4. The summed E-state index contributed by atoms with van der Waals surface area (Å²) in [6.07, 6.45) is 2.87. The van der Waals surface area contributed by atoms with E-state index in [4.69, 9.17) is 17.3 Å². The highest BCUT2D eigenvalue weighted by atomic mass is 32.2. The van der Waals surface area contributed by atoms with Crippen LogP contribution in [-0.4, -0.2) is 34.6 Å². The smallest absolute Gasteiger partial charge is 0.335 e. The number of aromatic carboxylic acids is 1. The Kier molecular flexibility index (Phi) is 6.54. The average Bonchev–Trinajstić information content (AvgIpc) is 2.73. The molecule has 0 spiro atoms. The highest BCUT2D eigenvalue weighted by molar-refractivity contribution is 7.92. The van der Waals surface area contributed by atoms with Gasteiger partial charge in [-0.1, -0.05) is 12.1 Å². The van der Waals surface area contributed by atoms with Gasteiger partial charge in [-0.05, 0) is 60.2 Å². The van der Waals surface area contributed by atoms with E-state index in [-0.39, 0.29) is 16.4 Å². The molecular weight excluding hydrogens is 426 g/mol. The van der Waals surface area contributed by atoms with Crippen molar-refractivity contribution in [1.82, 2.24) is 15.3 Å². The van der Waals surface area contributed by atoms with Gasteiger partial charge in [0.1, 0.15) is 0 Å². The molecule has 2 aromatic carbocycles. The van der Waals surface area contributed by atoms with Crippen LogP contribution < -0.4 is 15.4 Å². The fourth-order valence-corrected chi connectivity index (χ4v) is 3.52. The minimum absolute atomic E-state index is 0.0125. The molecule has 0 unspecified atom stereocenters. The Labute approximate surface area is 178 Å². The second-order valence-corrected chi connectivity index (χ2v) is 8.10. The third-order valence-corrected chi connectivity index (χ3v) is 5.46. The predicted molar refractivity (Wildman–Crippen MR) is 116 cm³/mol. The first-order valence-corrected chi connectivity index (χ1v) is 10.5. The van der Waals surface area contributed by atoms with Crippen molar-refractivity contribution < 1.29 is 18.3 Å². The first-order valence-electron chi connectivity index (χ1n) is 8.60. The molecule has 154 valence electrons. The normalized spacial score (nSPS) is 10.8. The van der Waals surface area contributed by atoms with E-state index in [0.717, 1.165) is 5.56 Å². The van der Waals surface area contributed by atoms with Crippen molar-refractivity contribution in [3.05, 3.63) is 78.1 Å². The van der Waals surface area contributed by atoms with Crippen LogP contribution in [0.15, 0.2) is 71.9 Å². The van der Waals surface area contributed by atoms with Crippen molar-refractivity contribution in [1.29, 1.82) is 0 Å². The fraction of sp³-hybridized carbons (Fsp3) is 0.0526. The van der Waals surface area contributed by atoms with Crippen LogP contribution in [0, 0.1) is 0 Å². The van der Waals surface area contributed by atoms with E-state index in [1.807, 2.05) is 0 Å². The summed E-state index contributed by atoms with van der Waals surface area (Å²) in [7, 11) is -3.81. The summed E-state index contributed by atoms with van der Waals surface area (Å²) in [5, 5.41) is 15.2. The Hall–Kier alpha value is -3.57. The van der Waals surface area contributed by atoms with Crippen LogP contribution in [0.4, 0.5) is 11.6 Å². The fourth-order valence-electron chi connectivity index (χ4n) is 2.37. The maximum Gasteiger partial charge on any atom is 0.335 e. The van der Waals surface area contributed by atoms with Gasteiger partial charge in [0, 0.05) is 24.6 Å². The number of thiocarbonyl (C=S) groups is 1. The van der Waals surface area contributed by atoms with Crippen molar-refractivity contribution in [2.24, 2.45) is 0 Å². The first kappa shape index (κ1) is 21.1. The molecule has 11 heteroatoms. The summed E-state index contributed by atoms with van der Waals surface area (Å²) in [5.41, 5.74) is 1.67. The van der Waals surface area contributed by atoms with Gasteiger partial charge in [-0.15, -0.1) is 0 Å². The molecule has 1 aromatic heterocycles. The van der Waals surface area contributed by atoms with Gasteiger partial charge in [-0.3, -0.25) is 0 Å². The molecule has 0 fully saturated rings. The molecule has 0 aliphatic rings. The van der Waals surface area contributed by atoms with Crippen LogP contribution in [-0.2, 0) is 16.6 Å². The van der Waals surface area contributed by atoms with Gasteiger partial charge in [0.25, 0.3) is 10.0 Å². The SMILES string of the molecule is O=C(O)c1ccc(CNC(=S)Nc2ccc(S(=O)(=O)Nc3ncccn3)cc2)cc1. The Morgan fingerprint density at radius 3 is 2.23 bits per heavy atom. The lowest BCUT2D eigenvalue weighted by Gasteiger charge is -2.12. The molecule has 0 aliphatic heterocycles. The average molecular weight is 444 g/mol. The Balaban J connectivity index is 1.55. The van der Waals surface area contributed by atoms with Gasteiger partial charge in [-0.2, -0.15) is 0 Å². The van der Waals surface area contributed by atoms with Crippen LogP contribution in [0.1, 0.15) is 15.9 Å². The monoisotopic (exact) mass is 443 g/mol. The van der Waals surface area contributed by atoms with E-state index in [1.54, 1.807) is 30.3 Å². The van der Waals surface area contributed by atoms with E-state index in [1.165, 1.54) is 36.7 Å². The number of carboxylic acid groups (broad SMARTS) is 1. The summed E-state index contributed by atoms with van der Waals surface area (Å²) in [5.74, 6) is -0.995. The summed E-state index contributed by atoms with van der Waals surface area (Å²) in [4.78, 5) is 18.6. The number of sulfonamides is 1. The molecule has 0 saturated heterocycles. The molecule has 1 heterocycles. The quantitative estimate of drug-likeness (QED) is 0.406. The zero-order chi connectivity index (χ0) is 21.6. The molecule has 0 saturated carbocycles. The van der Waals surface area contributed by atoms with Crippen LogP contribution in [0.25, 0.3) is 0 Å². The lowest BCUT2D eigenvalue weighted by Crippen LogP contribution is -2.27. The molecule has 0 bridgehead atoms. The number of carboxylic acids is 1. The summed E-state index contributed by atoms with van der Waals surface area (Å²) in [6.45, 7) is 0.402. The summed E-state index contributed by atoms with van der Waals surface area (Å²) < 4.78 is 27.0. The van der Waals surface area contributed by atoms with Crippen molar-refractivity contribution in [2.45, 2.75) is 11.4 Å². The van der Waals surface area contributed by atoms with Crippen molar-refractivity contribution in [3.8, 4) is 0 Å². The number of nitrogens with zero attached hydrogens (tertiary/aromatic N) is 2. The Bertz CT molecular complexity index is 1140. The van der Waals surface area contributed by atoms with E-state index in [9.17, 15) is 13.2 Å². The second-order valence-electron chi connectivity index (χ2n) is 6.01. The molecule has 9 nitrogen and oxygen atoms in total. The van der Waals surface area contributed by atoms with Gasteiger partial charge in [0.15, 0.2) is 5.11 Å². The number of hydrogen-bond donors (Lipinski definition) is 4. The van der Waals surface area contributed by atoms with Gasteiger partial charge in [-0.25, -0.2) is 27.9 Å². The van der Waals surface area contributed by atoms with E-state index >= 15 is 0 Å². The first-order chi connectivity index (χ1) is 14.3. The Morgan fingerprint density at radius 1 is 1.00 bits per heavy atom. The van der Waals surface area contributed by atoms with Crippen LogP contribution >= 0.6 is 12.2 Å². The van der Waals surface area contributed by atoms with E-state index in [0.29, 0.717) is 17.3 Å². The zero-order valence-corrected chi connectivity index (χ0v) is 17.1. The highest BCUT2D eigenvalue weighted by Crippen LogP contribution is 2.16. The Morgan fingerprint density at radius 2 is 1.63 bits per heavy atom. The molecule has 0 atom stereocenters. The second kappa shape index (κ2) is 9.29. The minimum Gasteiger partial charge on any atom is -0.478 e. The van der Waals surface area contributed by atoms with Gasteiger partial charge in [0.2, 0.25) is 5.95 Å². The molecule has 3 aromatic rings. The van der Waals surface area contributed by atoms with Crippen LogP contribution in [0.3, 0.4) is 0 Å². The number of aromatic nitrogens is 2. The lowest BCUT2D eigenvalue weighted by molar-refractivity contribution is 0.0697. The topological polar surface area (TPSA) is 133 Å². The van der Waals surface area contributed by atoms with Crippen molar-refractivity contribution in [3.63, 3.8) is 0 Å². The van der Waals surface area contributed by atoms with E-state index < -0.39 is 16.0 Å². The summed E-state index contributed by atoms with van der Waals surface area (Å²) >= 11 is 5.23. The molecule has 0 aliphatic carbocycles. The van der Waals surface area contributed by atoms with Gasteiger partial charge < -0.3 is 15.7 Å². The van der Waals surface area contributed by atoms with E-state index in [2.05, 4.69) is 25.3 Å². The predicted octanol–water partition coefficient (Wildman–Crippen LogP) is 2.46. The largest absolute Gasteiger partial charge is 0.478 e. The maximum atomic E-state index is 12.4. The van der Waals surface area contributed by atoms with Crippen LogP contribution in [0.2, 0.25) is 0 Å². The van der Waals surface area contributed by atoms with Gasteiger partial charge in [0.05, 0.1) is 10.5 Å².